The number of nitrogens with one attached hydrogen (secondary N) is 1. The van der Waals surface area contributed by atoms with Crippen molar-refractivity contribution < 1.29 is 9.90 Å². The van der Waals surface area contributed by atoms with Crippen LogP contribution in [0.4, 0.5) is 5.69 Å². The third kappa shape index (κ3) is 2.11. The average Bonchev–Trinajstić information content (AvgIpc) is 2.58. The first-order chi connectivity index (χ1) is 7.99. The van der Waals surface area contributed by atoms with Crippen molar-refractivity contribution in [1.29, 1.82) is 0 Å². The smallest absolute Gasteiger partial charge is 0.339 e. The summed E-state index contributed by atoms with van der Waals surface area (Å²) in [5.41, 5.74) is 1.89. The molecule has 0 saturated carbocycles. The molecule has 6 heteroatoms. The number of hydrogen-bond acceptors (Lipinski definition) is 3. The van der Waals surface area contributed by atoms with E-state index in [9.17, 15) is 4.79 Å². The van der Waals surface area contributed by atoms with Gasteiger partial charge in [-0.1, -0.05) is 5.46 Å². The maximum absolute atomic E-state index is 11.1. The number of carbonyl (C=O) groups is 1. The fourth-order valence-electron chi connectivity index (χ4n) is 1.68. The van der Waals surface area contributed by atoms with Gasteiger partial charge in [-0.2, -0.15) is 5.10 Å². The zero-order valence-corrected chi connectivity index (χ0v) is 9.64. The van der Waals surface area contributed by atoms with Crippen LogP contribution in [0.15, 0.2) is 18.5 Å². The van der Waals surface area contributed by atoms with Crippen molar-refractivity contribution >= 4 is 30.5 Å². The van der Waals surface area contributed by atoms with Crippen LogP contribution in [-0.4, -0.2) is 34.6 Å². The number of hydrogen-bond donors (Lipinski definition) is 2. The number of carboxylic acid groups (broad SMARTS) is 1. The van der Waals surface area contributed by atoms with Gasteiger partial charge in [-0.3, -0.25) is 0 Å². The summed E-state index contributed by atoms with van der Waals surface area (Å²) in [7, 11) is 5.68. The lowest BCUT2D eigenvalue weighted by Crippen LogP contribution is -2.15. The van der Waals surface area contributed by atoms with Gasteiger partial charge < -0.3 is 10.4 Å². The molecule has 0 fully saturated rings. The molecule has 0 aliphatic carbocycles. The molecule has 0 bridgehead atoms. The minimum Gasteiger partial charge on any atom is -0.478 e. The molecule has 5 nitrogen and oxygen atoms in total. The van der Waals surface area contributed by atoms with E-state index in [1.54, 1.807) is 16.8 Å². The molecule has 17 heavy (non-hydrogen) atoms. The number of anilines is 1. The molecule has 0 spiro atoms. The van der Waals surface area contributed by atoms with E-state index in [4.69, 9.17) is 13.0 Å². The maximum Gasteiger partial charge on any atom is 0.339 e. The Bertz CT molecular complexity index is 577. The quantitative estimate of drug-likeness (QED) is 0.758. The summed E-state index contributed by atoms with van der Waals surface area (Å²) >= 11 is 0. The van der Waals surface area contributed by atoms with E-state index in [1.165, 1.54) is 6.20 Å². The van der Waals surface area contributed by atoms with E-state index < -0.39 is 5.97 Å². The van der Waals surface area contributed by atoms with Crippen molar-refractivity contribution in [3.05, 3.63) is 24.0 Å². The Hall–Kier alpha value is -1.98. The molecule has 0 aromatic carbocycles. The molecule has 0 aliphatic heterocycles. The first-order valence-electron chi connectivity index (χ1n) is 5.25. The summed E-state index contributed by atoms with van der Waals surface area (Å²) in [6.07, 6.45) is 2.96. The zero-order valence-electron chi connectivity index (χ0n) is 9.64. The molecule has 2 N–H and O–H groups in total. The third-order valence-corrected chi connectivity index (χ3v) is 2.32. The van der Waals surface area contributed by atoms with E-state index in [2.05, 4.69) is 10.4 Å². The molecule has 0 aliphatic rings. The highest BCUT2D eigenvalue weighted by Crippen LogP contribution is 2.21. The topological polar surface area (TPSA) is 66.6 Å². The van der Waals surface area contributed by atoms with Crippen LogP contribution in [0.25, 0.3) is 5.52 Å². The molecule has 0 saturated heterocycles. The summed E-state index contributed by atoms with van der Waals surface area (Å²) in [5.74, 6) is -1.01. The van der Waals surface area contributed by atoms with Crippen molar-refractivity contribution in [2.24, 2.45) is 0 Å². The number of nitrogens with zero attached hydrogens (tertiary/aromatic N) is 2. The minimum atomic E-state index is -1.01. The lowest BCUT2D eigenvalue weighted by Gasteiger charge is -2.13. The second kappa shape index (κ2) is 4.12. The monoisotopic (exact) mass is 229 g/mol. The highest BCUT2D eigenvalue weighted by Gasteiger charge is 2.15. The number of carboxylic acids is 1. The van der Waals surface area contributed by atoms with Crippen LogP contribution in [-0.2, 0) is 0 Å². The normalized spacial score (nSPS) is 11.0. The molecular formula is C11H12BN3O2. The molecule has 2 rings (SSSR count). The van der Waals surface area contributed by atoms with Crippen LogP contribution in [0.2, 0.25) is 0 Å². The standard InChI is InChI=1S/C11H12BN3O2/c1-6(2)14-10-8(11(16)17)4-13-15-5-7(12)3-9(10)15/h3-6,14H,1-2H3,(H,16,17). The van der Waals surface area contributed by atoms with Crippen molar-refractivity contribution in [3.63, 3.8) is 0 Å². The first-order valence-corrected chi connectivity index (χ1v) is 5.25. The highest BCUT2D eigenvalue weighted by molar-refractivity contribution is 6.33. The van der Waals surface area contributed by atoms with Crippen molar-refractivity contribution in [2.45, 2.75) is 19.9 Å². The highest BCUT2D eigenvalue weighted by atomic mass is 16.4. The van der Waals surface area contributed by atoms with Gasteiger partial charge in [-0.05, 0) is 19.9 Å². The maximum atomic E-state index is 11.1. The molecule has 2 aromatic rings. The van der Waals surface area contributed by atoms with Gasteiger partial charge in [0.1, 0.15) is 13.4 Å². The molecule has 0 amide bonds. The van der Waals surface area contributed by atoms with Crippen LogP contribution in [0.1, 0.15) is 24.2 Å². The van der Waals surface area contributed by atoms with Gasteiger partial charge in [0.15, 0.2) is 0 Å². The second-order valence-corrected chi connectivity index (χ2v) is 4.14. The summed E-state index contributed by atoms with van der Waals surface area (Å²) < 4.78 is 1.56. The van der Waals surface area contributed by atoms with E-state index in [0.29, 0.717) is 16.7 Å². The van der Waals surface area contributed by atoms with Crippen molar-refractivity contribution in [2.75, 3.05) is 5.32 Å². The Morgan fingerprint density at radius 2 is 2.29 bits per heavy atom. The lowest BCUT2D eigenvalue weighted by molar-refractivity contribution is 0.0697. The van der Waals surface area contributed by atoms with Crippen LogP contribution >= 0.6 is 0 Å². The fraction of sp³-hybridized carbons (Fsp3) is 0.273. The Morgan fingerprint density at radius 1 is 1.59 bits per heavy atom. The van der Waals surface area contributed by atoms with Gasteiger partial charge in [0.2, 0.25) is 0 Å². The van der Waals surface area contributed by atoms with E-state index in [1.807, 2.05) is 13.8 Å². The largest absolute Gasteiger partial charge is 0.478 e. The molecule has 86 valence electrons. The average molecular weight is 229 g/mol. The Morgan fingerprint density at radius 3 is 2.88 bits per heavy atom. The summed E-state index contributed by atoms with van der Waals surface area (Å²) in [4.78, 5) is 11.1. The van der Waals surface area contributed by atoms with Gasteiger partial charge >= 0.3 is 5.97 Å². The third-order valence-electron chi connectivity index (χ3n) is 2.32. The molecule has 2 aromatic heterocycles. The number of aromatic carboxylic acids is 1. The second-order valence-electron chi connectivity index (χ2n) is 4.14. The van der Waals surface area contributed by atoms with Crippen molar-refractivity contribution in [3.8, 4) is 0 Å². The predicted octanol–water partition coefficient (Wildman–Crippen LogP) is 0.647. The van der Waals surface area contributed by atoms with Gasteiger partial charge in [0.25, 0.3) is 0 Å². The Labute approximate surface area is 99.9 Å². The van der Waals surface area contributed by atoms with Crippen LogP contribution < -0.4 is 10.8 Å². The van der Waals surface area contributed by atoms with E-state index in [0.717, 1.165) is 0 Å². The summed E-state index contributed by atoms with van der Waals surface area (Å²) in [6.45, 7) is 3.88. The van der Waals surface area contributed by atoms with E-state index >= 15 is 0 Å². The first kappa shape index (κ1) is 11.5. The molecule has 2 heterocycles. The summed E-state index contributed by atoms with van der Waals surface area (Å²) in [6, 6.07) is 1.82. The SMILES string of the molecule is [B]c1cc2c(NC(C)C)c(C(=O)O)cnn2c1. The molecule has 2 radical (unpaired) electrons. The predicted molar refractivity (Wildman–Crippen MR) is 66.3 cm³/mol. The van der Waals surface area contributed by atoms with Gasteiger partial charge in [-0.15, -0.1) is 0 Å². The van der Waals surface area contributed by atoms with Crippen molar-refractivity contribution in [1.82, 2.24) is 9.61 Å². The number of fused-ring (bicyclic) bond motifs is 1. The lowest BCUT2D eigenvalue weighted by atomic mass is 10.0. The van der Waals surface area contributed by atoms with Gasteiger partial charge in [0.05, 0.1) is 17.4 Å². The fourth-order valence-corrected chi connectivity index (χ4v) is 1.68. The molecule has 0 atom stereocenters. The molecule has 0 unspecified atom stereocenters. The number of rotatable bonds is 3. The zero-order chi connectivity index (χ0) is 12.6. The summed E-state index contributed by atoms with van der Waals surface area (Å²) in [5, 5.41) is 16.2. The van der Waals surface area contributed by atoms with Crippen LogP contribution in [0.3, 0.4) is 0 Å². The molecular weight excluding hydrogens is 217 g/mol. The Balaban J connectivity index is 2.69. The van der Waals surface area contributed by atoms with Crippen LogP contribution in [0, 0.1) is 0 Å². The number of aromatic nitrogens is 2. The van der Waals surface area contributed by atoms with Gasteiger partial charge in [0, 0.05) is 12.2 Å². The van der Waals surface area contributed by atoms with Gasteiger partial charge in [-0.25, -0.2) is 9.31 Å². The Kier molecular flexibility index (Phi) is 2.79. The van der Waals surface area contributed by atoms with Crippen LogP contribution in [0.5, 0.6) is 0 Å². The minimum absolute atomic E-state index is 0.121. The van der Waals surface area contributed by atoms with E-state index in [-0.39, 0.29) is 11.6 Å².